The maximum absolute atomic E-state index is 5.20. The molecule has 2 aromatic carbocycles. The number of hydrogen-bond acceptors (Lipinski definition) is 2. The molecular formula is C38H38N4. The molecule has 210 valence electrons. The zero-order chi connectivity index (χ0) is 29.2. The van der Waals surface area contributed by atoms with Crippen molar-refractivity contribution in [1.82, 2.24) is 19.9 Å². The molecule has 0 unspecified atom stereocenters. The van der Waals surface area contributed by atoms with Gasteiger partial charge in [-0.05, 0) is 61.4 Å². The average Bonchev–Trinajstić information content (AvgIpc) is 3.65. The molecule has 0 saturated heterocycles. The monoisotopic (exact) mass is 550 g/mol. The summed E-state index contributed by atoms with van der Waals surface area (Å²) in [6.45, 7) is 13.4. The fourth-order valence-electron chi connectivity index (χ4n) is 6.34. The zero-order valence-electron chi connectivity index (χ0n) is 25.4. The molecule has 7 rings (SSSR count). The van der Waals surface area contributed by atoms with Crippen LogP contribution in [0.15, 0.2) is 84.9 Å². The lowest BCUT2D eigenvalue weighted by atomic mass is 9.86. The second kappa shape index (κ2) is 9.55. The van der Waals surface area contributed by atoms with Crippen LogP contribution in [0.3, 0.4) is 0 Å². The van der Waals surface area contributed by atoms with Crippen LogP contribution in [0.2, 0.25) is 0 Å². The lowest BCUT2D eigenvalue weighted by molar-refractivity contribution is 0.543. The Hall–Kier alpha value is -4.44. The van der Waals surface area contributed by atoms with Crippen LogP contribution in [0.25, 0.3) is 44.3 Å². The molecule has 2 N–H and O–H groups in total. The maximum Gasteiger partial charge on any atom is 0.0487 e. The third kappa shape index (κ3) is 4.85. The number of benzene rings is 2. The van der Waals surface area contributed by atoms with Gasteiger partial charge in [-0.3, -0.25) is 9.97 Å². The van der Waals surface area contributed by atoms with E-state index in [2.05, 4.69) is 136 Å². The largest absolute Gasteiger partial charge is 0.355 e. The van der Waals surface area contributed by atoms with E-state index in [-0.39, 0.29) is 10.8 Å². The molecule has 8 bridgehead atoms. The third-order valence-electron chi connectivity index (χ3n) is 8.83. The number of nitrogens with one attached hydrogen (secondary N) is 2. The van der Waals surface area contributed by atoms with Crippen LogP contribution in [0, 0.1) is 13.8 Å². The summed E-state index contributed by atoms with van der Waals surface area (Å²) < 4.78 is 0. The lowest BCUT2D eigenvalue weighted by Crippen LogP contribution is -2.15. The fourth-order valence-corrected chi connectivity index (χ4v) is 6.34. The number of H-pyrrole nitrogens is 2. The molecule has 0 fully saturated rings. The van der Waals surface area contributed by atoms with Crippen LogP contribution in [0.1, 0.15) is 61.6 Å². The predicted molar refractivity (Wildman–Crippen MR) is 175 cm³/mol. The van der Waals surface area contributed by atoms with Crippen molar-refractivity contribution in [2.75, 3.05) is 0 Å². The van der Waals surface area contributed by atoms with Crippen molar-refractivity contribution in [1.29, 1.82) is 0 Å². The first-order valence-corrected chi connectivity index (χ1v) is 14.9. The average molecular weight is 551 g/mol. The van der Waals surface area contributed by atoms with E-state index in [0.29, 0.717) is 0 Å². The number of aromatic amines is 2. The molecule has 0 spiro atoms. The molecule has 5 aromatic rings. The van der Waals surface area contributed by atoms with E-state index >= 15 is 0 Å². The van der Waals surface area contributed by atoms with E-state index < -0.39 is 0 Å². The zero-order valence-corrected chi connectivity index (χ0v) is 25.4. The highest BCUT2D eigenvalue weighted by Crippen LogP contribution is 2.36. The SMILES string of the molecule is Cc1ccc(-c2cc3cc4nc(cc5[nH]c(cc6nc(cc2[nH]3)C(C)(C)C6)cc5-c2ccc(C)cc2)C(C)(C)C4)cc1. The predicted octanol–water partition coefficient (Wildman–Crippen LogP) is 9.31. The molecule has 2 aliphatic heterocycles. The van der Waals surface area contributed by atoms with E-state index in [9.17, 15) is 0 Å². The number of aromatic nitrogens is 4. The van der Waals surface area contributed by atoms with Gasteiger partial charge >= 0.3 is 0 Å². The summed E-state index contributed by atoms with van der Waals surface area (Å²) >= 11 is 0. The summed E-state index contributed by atoms with van der Waals surface area (Å²) in [7, 11) is 0. The topological polar surface area (TPSA) is 57.4 Å². The van der Waals surface area contributed by atoms with E-state index in [1.54, 1.807) is 0 Å². The Bertz CT molecular complexity index is 1840. The molecule has 42 heavy (non-hydrogen) atoms. The first-order chi connectivity index (χ1) is 20.0. The van der Waals surface area contributed by atoms with Crippen molar-refractivity contribution < 1.29 is 0 Å². The van der Waals surface area contributed by atoms with Crippen molar-refractivity contribution in [2.24, 2.45) is 0 Å². The minimum absolute atomic E-state index is 0.0797. The molecule has 0 amide bonds. The smallest absolute Gasteiger partial charge is 0.0487 e. The standard InChI is InChI=1S/C38H38N4/c1-23-7-11-25(12-8-23)31-17-27-15-29-21-38(5,6)36(42-29)20-34-32(26-13-9-24(2)10-14-26)18-28(40-34)16-30-22-37(3,4)35(41-30)19-33(31)39-27/h7-20,39-40H,21-22H2,1-6H3. The Kier molecular flexibility index (Phi) is 6.02. The Morgan fingerprint density at radius 2 is 0.905 bits per heavy atom. The Labute approximate surface area is 247 Å². The molecule has 4 heteroatoms. The van der Waals surface area contributed by atoms with Gasteiger partial charge < -0.3 is 9.97 Å². The van der Waals surface area contributed by atoms with Crippen molar-refractivity contribution in [3.8, 4) is 22.3 Å². The summed E-state index contributed by atoms with van der Waals surface area (Å²) in [6.07, 6.45) is 1.77. The van der Waals surface area contributed by atoms with Crippen molar-refractivity contribution >= 4 is 22.1 Å². The molecule has 4 nitrogen and oxygen atoms in total. The van der Waals surface area contributed by atoms with Gasteiger partial charge in [0.1, 0.15) is 0 Å². The Morgan fingerprint density at radius 3 is 1.29 bits per heavy atom. The van der Waals surface area contributed by atoms with E-state index in [0.717, 1.165) is 57.7 Å². The van der Waals surface area contributed by atoms with Gasteiger partial charge in [-0.15, -0.1) is 0 Å². The molecule has 0 aliphatic carbocycles. The molecular weight excluding hydrogens is 512 g/mol. The highest BCUT2D eigenvalue weighted by molar-refractivity contribution is 5.87. The van der Waals surface area contributed by atoms with E-state index in [1.807, 2.05) is 0 Å². The second-order valence-corrected chi connectivity index (χ2v) is 13.5. The third-order valence-corrected chi connectivity index (χ3v) is 8.83. The van der Waals surface area contributed by atoms with E-state index in [4.69, 9.17) is 9.97 Å². The second-order valence-electron chi connectivity index (χ2n) is 13.5. The first kappa shape index (κ1) is 26.5. The first-order valence-electron chi connectivity index (χ1n) is 14.9. The Morgan fingerprint density at radius 1 is 0.524 bits per heavy atom. The summed E-state index contributed by atoms with van der Waals surface area (Å²) in [4.78, 5) is 17.8. The molecule has 5 heterocycles. The van der Waals surface area contributed by atoms with Gasteiger partial charge in [-0.1, -0.05) is 87.4 Å². The van der Waals surface area contributed by atoms with Gasteiger partial charge in [-0.25, -0.2) is 0 Å². The summed E-state index contributed by atoms with van der Waals surface area (Å²) in [5.74, 6) is 0. The van der Waals surface area contributed by atoms with Crippen LogP contribution in [0.5, 0.6) is 0 Å². The van der Waals surface area contributed by atoms with E-state index in [1.165, 1.54) is 33.4 Å². The number of aryl methyl sites for hydroxylation is 2. The summed E-state index contributed by atoms with van der Waals surface area (Å²) in [6, 6.07) is 31.0. The molecule has 2 aliphatic rings. The maximum atomic E-state index is 5.20. The van der Waals surface area contributed by atoms with Crippen LogP contribution in [-0.4, -0.2) is 19.9 Å². The van der Waals surface area contributed by atoms with Crippen LogP contribution < -0.4 is 0 Å². The highest BCUT2D eigenvalue weighted by Gasteiger charge is 2.30. The Balaban J connectivity index is 1.55. The normalized spacial score (nSPS) is 15.6. The van der Waals surface area contributed by atoms with Crippen LogP contribution in [-0.2, 0) is 23.7 Å². The van der Waals surface area contributed by atoms with Gasteiger partial charge in [-0.2, -0.15) is 0 Å². The van der Waals surface area contributed by atoms with Crippen molar-refractivity contribution in [3.63, 3.8) is 0 Å². The van der Waals surface area contributed by atoms with Gasteiger partial charge in [0.05, 0.1) is 0 Å². The molecule has 3 aromatic heterocycles. The summed E-state index contributed by atoms with van der Waals surface area (Å²) in [5, 5.41) is 0. The number of fused-ring (bicyclic) bond motifs is 8. The van der Waals surface area contributed by atoms with Gasteiger partial charge in [0.15, 0.2) is 0 Å². The van der Waals surface area contributed by atoms with Crippen LogP contribution >= 0.6 is 0 Å². The number of hydrogen-bond donors (Lipinski definition) is 2. The summed E-state index contributed by atoms with van der Waals surface area (Å²) in [5.41, 5.74) is 15.8. The minimum atomic E-state index is -0.0797. The van der Waals surface area contributed by atoms with Crippen molar-refractivity contribution in [3.05, 3.63) is 119 Å². The van der Waals surface area contributed by atoms with Crippen LogP contribution in [0.4, 0.5) is 0 Å². The minimum Gasteiger partial charge on any atom is -0.355 e. The fraction of sp³-hybridized carbons (Fsp3) is 0.263. The molecule has 0 atom stereocenters. The quantitative estimate of drug-likeness (QED) is 0.230. The lowest BCUT2D eigenvalue weighted by Gasteiger charge is -2.16. The highest BCUT2D eigenvalue weighted by atomic mass is 14.8. The van der Waals surface area contributed by atoms with Crippen molar-refractivity contribution in [2.45, 2.75) is 65.2 Å². The molecule has 0 saturated carbocycles. The number of nitrogens with zero attached hydrogens (tertiary/aromatic N) is 2. The van der Waals surface area contributed by atoms with Gasteiger partial charge in [0.25, 0.3) is 0 Å². The van der Waals surface area contributed by atoms with Gasteiger partial charge in [0.2, 0.25) is 0 Å². The molecule has 0 radical (unpaired) electrons. The number of rotatable bonds is 2. The van der Waals surface area contributed by atoms with Gasteiger partial charge in [0, 0.05) is 79.6 Å².